The number of hydrogen-bond donors (Lipinski definition) is 2. The number of methoxy groups -OCH3 is 1. The van der Waals surface area contributed by atoms with Crippen molar-refractivity contribution < 1.29 is 38.3 Å². The highest BCUT2D eigenvalue weighted by atomic mass is 16.6. The standard InChI is InChI=1S/C28H24N4O9/c1-3-40-24-14-17(7-12-23(24)41-16-25(33)29-18-8-10-21(39-2)11-9-18)13-22-26(34)30-28(36)31(27(22)35)19-5-4-6-20(15-19)32(37)38/h4-15H,3,16H2,1-2H3,(H,29,33)(H,30,34,36)/b22-13-. The lowest BCUT2D eigenvalue weighted by atomic mass is 10.1. The second kappa shape index (κ2) is 12.4. The first-order chi connectivity index (χ1) is 19.7. The van der Waals surface area contributed by atoms with Crippen LogP contribution in [-0.4, -0.2) is 49.0 Å². The van der Waals surface area contributed by atoms with Gasteiger partial charge in [-0.2, -0.15) is 0 Å². The number of rotatable bonds is 10. The number of non-ortho nitro benzene ring substituents is 1. The number of carbonyl (C=O) groups excluding carboxylic acids is 4. The molecule has 1 heterocycles. The average molecular weight is 561 g/mol. The first kappa shape index (κ1) is 28.3. The van der Waals surface area contributed by atoms with Gasteiger partial charge in [0.15, 0.2) is 18.1 Å². The first-order valence-corrected chi connectivity index (χ1v) is 12.2. The average Bonchev–Trinajstić information content (AvgIpc) is 2.95. The van der Waals surface area contributed by atoms with Crippen molar-refractivity contribution >= 4 is 46.9 Å². The number of nitrogens with one attached hydrogen (secondary N) is 2. The highest BCUT2D eigenvalue weighted by molar-refractivity contribution is 6.39. The van der Waals surface area contributed by atoms with Gasteiger partial charge < -0.3 is 19.5 Å². The fourth-order valence-electron chi connectivity index (χ4n) is 3.82. The van der Waals surface area contributed by atoms with E-state index in [2.05, 4.69) is 10.6 Å². The van der Waals surface area contributed by atoms with Crippen LogP contribution in [0.15, 0.2) is 72.3 Å². The highest BCUT2D eigenvalue weighted by Crippen LogP contribution is 2.31. The van der Waals surface area contributed by atoms with E-state index in [4.69, 9.17) is 14.2 Å². The van der Waals surface area contributed by atoms with Gasteiger partial charge in [-0.3, -0.25) is 29.8 Å². The number of benzene rings is 3. The molecular formula is C28H24N4O9. The smallest absolute Gasteiger partial charge is 0.335 e. The van der Waals surface area contributed by atoms with E-state index >= 15 is 0 Å². The molecule has 3 aromatic rings. The molecule has 3 aromatic carbocycles. The maximum Gasteiger partial charge on any atom is 0.335 e. The Morgan fingerprint density at radius 3 is 2.46 bits per heavy atom. The lowest BCUT2D eigenvalue weighted by Gasteiger charge is -2.26. The van der Waals surface area contributed by atoms with E-state index in [-0.39, 0.29) is 41.7 Å². The van der Waals surface area contributed by atoms with Crippen LogP contribution in [0.3, 0.4) is 0 Å². The van der Waals surface area contributed by atoms with E-state index in [0.29, 0.717) is 21.9 Å². The summed E-state index contributed by atoms with van der Waals surface area (Å²) in [5.74, 6) is -1.19. The molecule has 1 aliphatic heterocycles. The summed E-state index contributed by atoms with van der Waals surface area (Å²) < 4.78 is 16.4. The zero-order valence-electron chi connectivity index (χ0n) is 21.9. The molecule has 0 spiro atoms. The predicted octanol–water partition coefficient (Wildman–Crippen LogP) is 3.69. The number of ether oxygens (including phenoxy) is 3. The molecule has 0 atom stereocenters. The van der Waals surface area contributed by atoms with Crippen molar-refractivity contribution in [2.45, 2.75) is 6.92 Å². The van der Waals surface area contributed by atoms with Crippen molar-refractivity contribution in [3.63, 3.8) is 0 Å². The Balaban J connectivity index is 1.53. The minimum absolute atomic E-state index is 0.0771. The third-order valence-corrected chi connectivity index (χ3v) is 5.71. The molecule has 0 bridgehead atoms. The van der Waals surface area contributed by atoms with E-state index in [1.807, 2.05) is 0 Å². The van der Waals surface area contributed by atoms with Crippen LogP contribution in [0, 0.1) is 10.1 Å². The number of nitrogens with zero attached hydrogens (tertiary/aromatic N) is 2. The Morgan fingerprint density at radius 1 is 1.02 bits per heavy atom. The molecule has 0 saturated carbocycles. The van der Waals surface area contributed by atoms with Gasteiger partial charge in [0.2, 0.25) is 0 Å². The summed E-state index contributed by atoms with van der Waals surface area (Å²) in [5.41, 5.74) is 0.118. The van der Waals surface area contributed by atoms with Crippen LogP contribution < -0.4 is 29.7 Å². The molecule has 5 amide bonds. The summed E-state index contributed by atoms with van der Waals surface area (Å²) in [7, 11) is 1.54. The summed E-state index contributed by atoms with van der Waals surface area (Å²) in [6.45, 7) is 1.67. The van der Waals surface area contributed by atoms with Crippen LogP contribution in [0.25, 0.3) is 6.08 Å². The quantitative estimate of drug-likeness (QED) is 0.163. The van der Waals surface area contributed by atoms with Crippen molar-refractivity contribution in [3.8, 4) is 17.2 Å². The minimum atomic E-state index is -1.04. The fourth-order valence-corrected chi connectivity index (χ4v) is 3.82. The van der Waals surface area contributed by atoms with Gasteiger partial charge >= 0.3 is 6.03 Å². The highest BCUT2D eigenvalue weighted by Gasteiger charge is 2.37. The van der Waals surface area contributed by atoms with Gasteiger partial charge in [-0.15, -0.1) is 0 Å². The third-order valence-electron chi connectivity index (χ3n) is 5.71. The molecule has 1 fully saturated rings. The van der Waals surface area contributed by atoms with Gasteiger partial charge in [0.1, 0.15) is 11.3 Å². The third kappa shape index (κ3) is 6.65. The van der Waals surface area contributed by atoms with Crippen LogP contribution in [0.2, 0.25) is 0 Å². The normalized spacial score (nSPS) is 14.0. The van der Waals surface area contributed by atoms with Gasteiger partial charge in [0.05, 0.1) is 24.3 Å². The summed E-state index contributed by atoms with van der Waals surface area (Å²) in [6, 6.07) is 15.2. The van der Waals surface area contributed by atoms with E-state index in [1.54, 1.807) is 31.2 Å². The molecule has 13 nitrogen and oxygen atoms in total. The molecule has 0 aromatic heterocycles. The molecule has 4 rings (SSSR count). The molecule has 0 unspecified atom stereocenters. The number of amides is 5. The van der Waals surface area contributed by atoms with Gasteiger partial charge in [-0.1, -0.05) is 12.1 Å². The van der Waals surface area contributed by atoms with E-state index in [0.717, 1.165) is 6.07 Å². The zero-order chi connectivity index (χ0) is 29.5. The molecule has 1 aliphatic rings. The Bertz CT molecular complexity index is 1550. The fraction of sp³-hybridized carbons (Fsp3) is 0.143. The number of anilines is 2. The molecule has 41 heavy (non-hydrogen) atoms. The van der Waals surface area contributed by atoms with Crippen LogP contribution in [0.5, 0.6) is 17.2 Å². The zero-order valence-corrected chi connectivity index (χ0v) is 21.9. The molecule has 1 saturated heterocycles. The topological polar surface area (TPSA) is 166 Å². The van der Waals surface area contributed by atoms with Gasteiger partial charge in [-0.05, 0) is 61.0 Å². The Labute approximate surface area is 233 Å². The van der Waals surface area contributed by atoms with E-state index < -0.39 is 28.7 Å². The van der Waals surface area contributed by atoms with Crippen LogP contribution >= 0.6 is 0 Å². The van der Waals surface area contributed by atoms with Gasteiger partial charge in [0.25, 0.3) is 23.4 Å². The second-order valence-corrected chi connectivity index (χ2v) is 8.44. The number of urea groups is 1. The van der Waals surface area contributed by atoms with Gasteiger partial charge in [-0.25, -0.2) is 9.69 Å². The van der Waals surface area contributed by atoms with Crippen molar-refractivity contribution in [1.82, 2.24) is 5.32 Å². The van der Waals surface area contributed by atoms with Crippen molar-refractivity contribution in [3.05, 3.63) is 88.0 Å². The summed E-state index contributed by atoms with van der Waals surface area (Å²) in [5, 5.41) is 15.9. The predicted molar refractivity (Wildman–Crippen MR) is 147 cm³/mol. The minimum Gasteiger partial charge on any atom is -0.497 e. The molecule has 0 aliphatic carbocycles. The van der Waals surface area contributed by atoms with Crippen molar-refractivity contribution in [1.29, 1.82) is 0 Å². The van der Waals surface area contributed by atoms with Crippen LogP contribution in [-0.2, 0) is 14.4 Å². The summed E-state index contributed by atoms with van der Waals surface area (Å²) in [4.78, 5) is 61.7. The Kier molecular flexibility index (Phi) is 8.57. The van der Waals surface area contributed by atoms with E-state index in [1.165, 1.54) is 49.6 Å². The number of imide groups is 2. The maximum atomic E-state index is 13.2. The molecule has 13 heteroatoms. The monoisotopic (exact) mass is 560 g/mol. The van der Waals surface area contributed by atoms with E-state index in [9.17, 15) is 29.3 Å². The number of barbiturate groups is 1. The van der Waals surface area contributed by atoms with Gasteiger partial charge in [0, 0.05) is 17.8 Å². The lowest BCUT2D eigenvalue weighted by Crippen LogP contribution is -2.54. The number of nitro groups is 1. The number of carbonyl (C=O) groups is 4. The second-order valence-electron chi connectivity index (χ2n) is 8.44. The van der Waals surface area contributed by atoms with Crippen molar-refractivity contribution in [2.75, 3.05) is 30.5 Å². The molecule has 210 valence electrons. The summed E-state index contributed by atoms with van der Waals surface area (Å²) in [6.07, 6.45) is 1.25. The lowest BCUT2D eigenvalue weighted by molar-refractivity contribution is -0.384. The molecule has 0 radical (unpaired) electrons. The molecule has 2 N–H and O–H groups in total. The van der Waals surface area contributed by atoms with Crippen molar-refractivity contribution in [2.24, 2.45) is 0 Å². The SMILES string of the molecule is CCOc1cc(/C=C2/C(=O)NC(=O)N(c3cccc([N+](=O)[O-])c3)C2=O)ccc1OCC(=O)Nc1ccc(OC)cc1. The van der Waals surface area contributed by atoms with Crippen LogP contribution in [0.4, 0.5) is 21.9 Å². The maximum absolute atomic E-state index is 13.2. The largest absolute Gasteiger partial charge is 0.497 e. The first-order valence-electron chi connectivity index (χ1n) is 12.2. The van der Waals surface area contributed by atoms with Crippen LogP contribution in [0.1, 0.15) is 12.5 Å². The number of hydrogen-bond acceptors (Lipinski definition) is 9. The Morgan fingerprint density at radius 2 is 1.78 bits per heavy atom. The number of nitro benzene ring substituents is 1. The Hall–Kier alpha value is -5.72. The summed E-state index contributed by atoms with van der Waals surface area (Å²) >= 11 is 0. The molecular weight excluding hydrogens is 536 g/mol.